The molecule has 0 unspecified atom stereocenters. The Morgan fingerprint density at radius 2 is 1.79 bits per heavy atom. The summed E-state index contributed by atoms with van der Waals surface area (Å²) in [7, 11) is -2.54. The topological polar surface area (TPSA) is 88.8 Å². The number of halogens is 1. The van der Waals surface area contributed by atoms with E-state index in [0.717, 1.165) is 28.6 Å². The van der Waals surface area contributed by atoms with Crippen molar-refractivity contribution in [2.45, 2.75) is 11.4 Å². The molecule has 1 heterocycles. The number of nitrogens with one attached hydrogen (secondary N) is 1. The molecular formula is C20H19FN2O5S. The second-order valence-electron chi connectivity index (χ2n) is 6.08. The molecule has 0 spiro atoms. The summed E-state index contributed by atoms with van der Waals surface area (Å²) >= 11 is 0. The zero-order valence-electron chi connectivity index (χ0n) is 15.5. The van der Waals surface area contributed by atoms with Gasteiger partial charge >= 0.3 is 0 Å². The van der Waals surface area contributed by atoms with E-state index in [2.05, 4.69) is 5.32 Å². The summed E-state index contributed by atoms with van der Waals surface area (Å²) in [5.74, 6) is -0.0968. The molecule has 3 aromatic rings. The number of ether oxygens (including phenoxy) is 1. The van der Waals surface area contributed by atoms with E-state index in [1.165, 1.54) is 13.4 Å². The average Bonchev–Trinajstić information content (AvgIpc) is 3.21. The third-order valence-electron chi connectivity index (χ3n) is 4.06. The van der Waals surface area contributed by atoms with E-state index < -0.39 is 28.3 Å². The highest BCUT2D eigenvalue weighted by Crippen LogP contribution is 2.20. The number of nitrogens with zero attached hydrogens (tertiary/aromatic N) is 1. The van der Waals surface area contributed by atoms with Crippen LogP contribution in [0.4, 0.5) is 10.1 Å². The fraction of sp³-hybridized carbons (Fsp3) is 0.150. The fourth-order valence-electron chi connectivity index (χ4n) is 2.59. The molecule has 0 atom stereocenters. The Labute approximate surface area is 167 Å². The van der Waals surface area contributed by atoms with E-state index in [-0.39, 0.29) is 11.4 Å². The molecule has 1 amide bonds. The Bertz CT molecular complexity index is 1050. The van der Waals surface area contributed by atoms with Crippen LogP contribution in [0.25, 0.3) is 0 Å². The van der Waals surface area contributed by atoms with Crippen molar-refractivity contribution < 1.29 is 26.8 Å². The minimum Gasteiger partial charge on any atom is -0.497 e. The van der Waals surface area contributed by atoms with Crippen LogP contribution in [0.2, 0.25) is 0 Å². The van der Waals surface area contributed by atoms with Gasteiger partial charge in [0.05, 0.1) is 31.4 Å². The Morgan fingerprint density at radius 3 is 2.38 bits per heavy atom. The van der Waals surface area contributed by atoms with Crippen LogP contribution in [0, 0.1) is 5.82 Å². The SMILES string of the molecule is COc1ccc(NC(=O)CN(Cc2ccco2)S(=O)(=O)c2ccc(F)cc2)cc1. The monoisotopic (exact) mass is 418 g/mol. The van der Waals surface area contributed by atoms with Crippen molar-refractivity contribution in [3.05, 3.63) is 78.5 Å². The quantitative estimate of drug-likeness (QED) is 0.607. The number of carbonyl (C=O) groups is 1. The number of anilines is 1. The van der Waals surface area contributed by atoms with E-state index in [0.29, 0.717) is 17.2 Å². The number of benzene rings is 2. The number of amides is 1. The number of methoxy groups -OCH3 is 1. The maximum absolute atomic E-state index is 13.2. The first kappa shape index (κ1) is 20.6. The van der Waals surface area contributed by atoms with Gasteiger partial charge in [-0.25, -0.2) is 12.8 Å². The zero-order chi connectivity index (χ0) is 20.9. The molecule has 2 aromatic carbocycles. The van der Waals surface area contributed by atoms with Crippen LogP contribution in [0.15, 0.2) is 76.2 Å². The van der Waals surface area contributed by atoms with Crippen molar-refractivity contribution in [2.75, 3.05) is 19.0 Å². The third-order valence-corrected chi connectivity index (χ3v) is 5.86. The highest BCUT2D eigenvalue weighted by atomic mass is 32.2. The second kappa shape index (κ2) is 8.89. The van der Waals surface area contributed by atoms with Gasteiger partial charge in [0, 0.05) is 5.69 Å². The molecule has 0 saturated carbocycles. The van der Waals surface area contributed by atoms with Gasteiger partial charge in [-0.05, 0) is 60.7 Å². The number of sulfonamides is 1. The number of rotatable bonds is 8. The van der Waals surface area contributed by atoms with E-state index in [9.17, 15) is 17.6 Å². The molecule has 152 valence electrons. The van der Waals surface area contributed by atoms with Gasteiger partial charge in [-0.15, -0.1) is 0 Å². The van der Waals surface area contributed by atoms with Crippen molar-refractivity contribution >= 4 is 21.6 Å². The second-order valence-corrected chi connectivity index (χ2v) is 8.02. The number of hydrogen-bond acceptors (Lipinski definition) is 5. The van der Waals surface area contributed by atoms with Crippen molar-refractivity contribution in [3.8, 4) is 5.75 Å². The van der Waals surface area contributed by atoms with Crippen LogP contribution in [-0.4, -0.2) is 32.3 Å². The maximum Gasteiger partial charge on any atom is 0.243 e. The van der Waals surface area contributed by atoms with Crippen LogP contribution >= 0.6 is 0 Å². The first-order valence-electron chi connectivity index (χ1n) is 8.60. The molecule has 3 rings (SSSR count). The summed E-state index contributed by atoms with van der Waals surface area (Å²) in [6.07, 6.45) is 1.41. The summed E-state index contributed by atoms with van der Waals surface area (Å²) < 4.78 is 50.5. The normalized spacial score (nSPS) is 11.4. The molecule has 0 radical (unpaired) electrons. The minimum atomic E-state index is -4.07. The molecule has 0 saturated heterocycles. The molecule has 1 N–H and O–H groups in total. The molecule has 9 heteroatoms. The lowest BCUT2D eigenvalue weighted by atomic mass is 10.3. The van der Waals surface area contributed by atoms with Crippen LogP contribution in [-0.2, 0) is 21.4 Å². The Morgan fingerprint density at radius 1 is 1.10 bits per heavy atom. The molecule has 1 aromatic heterocycles. The van der Waals surface area contributed by atoms with Gasteiger partial charge in [0.15, 0.2) is 0 Å². The molecule has 7 nitrogen and oxygen atoms in total. The minimum absolute atomic E-state index is 0.122. The van der Waals surface area contributed by atoms with Crippen molar-refractivity contribution in [3.63, 3.8) is 0 Å². The smallest absolute Gasteiger partial charge is 0.243 e. The van der Waals surface area contributed by atoms with E-state index in [4.69, 9.17) is 9.15 Å². The number of hydrogen-bond donors (Lipinski definition) is 1. The first-order chi connectivity index (χ1) is 13.9. The molecule has 29 heavy (non-hydrogen) atoms. The van der Waals surface area contributed by atoms with E-state index >= 15 is 0 Å². The van der Waals surface area contributed by atoms with Gasteiger partial charge < -0.3 is 14.5 Å². The summed E-state index contributed by atoms with van der Waals surface area (Å²) in [6, 6.07) is 14.3. The predicted molar refractivity (Wildman–Crippen MR) is 104 cm³/mol. The van der Waals surface area contributed by atoms with Crippen LogP contribution in [0.1, 0.15) is 5.76 Å². The highest BCUT2D eigenvalue weighted by Gasteiger charge is 2.28. The molecule has 0 aliphatic carbocycles. The van der Waals surface area contributed by atoms with Crippen LogP contribution in [0.5, 0.6) is 5.75 Å². The first-order valence-corrected chi connectivity index (χ1v) is 10.0. The number of furan rings is 1. The van der Waals surface area contributed by atoms with Crippen molar-refractivity contribution in [2.24, 2.45) is 0 Å². The lowest BCUT2D eigenvalue weighted by Gasteiger charge is -2.21. The Kier molecular flexibility index (Phi) is 6.30. The summed E-state index contributed by atoms with van der Waals surface area (Å²) in [6.45, 7) is -0.602. The largest absolute Gasteiger partial charge is 0.497 e. The molecule has 0 aliphatic heterocycles. The Balaban J connectivity index is 1.80. The van der Waals surface area contributed by atoms with Gasteiger partial charge in [0.25, 0.3) is 0 Å². The van der Waals surface area contributed by atoms with Gasteiger partial charge in [0.1, 0.15) is 17.3 Å². The predicted octanol–water partition coefficient (Wildman–Crippen LogP) is 3.26. The highest BCUT2D eigenvalue weighted by molar-refractivity contribution is 7.89. The van der Waals surface area contributed by atoms with E-state index in [1.54, 1.807) is 36.4 Å². The van der Waals surface area contributed by atoms with Crippen LogP contribution < -0.4 is 10.1 Å². The summed E-state index contributed by atoms with van der Waals surface area (Å²) in [5, 5.41) is 2.64. The average molecular weight is 418 g/mol. The molecule has 0 fully saturated rings. The third kappa shape index (κ3) is 5.21. The van der Waals surface area contributed by atoms with Gasteiger partial charge in [-0.2, -0.15) is 4.31 Å². The van der Waals surface area contributed by atoms with E-state index in [1.807, 2.05) is 0 Å². The summed E-state index contributed by atoms with van der Waals surface area (Å²) in [5.41, 5.74) is 0.493. The molecule has 0 aliphatic rings. The molecular weight excluding hydrogens is 399 g/mol. The lowest BCUT2D eigenvalue weighted by molar-refractivity contribution is -0.116. The van der Waals surface area contributed by atoms with Crippen LogP contribution in [0.3, 0.4) is 0 Å². The Hall–Kier alpha value is -3.17. The van der Waals surface area contributed by atoms with Gasteiger partial charge in [-0.1, -0.05) is 0 Å². The maximum atomic E-state index is 13.2. The van der Waals surface area contributed by atoms with Crippen molar-refractivity contribution in [1.82, 2.24) is 4.31 Å². The fourth-order valence-corrected chi connectivity index (χ4v) is 3.96. The van der Waals surface area contributed by atoms with Gasteiger partial charge in [0.2, 0.25) is 15.9 Å². The molecule has 0 bridgehead atoms. The van der Waals surface area contributed by atoms with Crippen molar-refractivity contribution in [1.29, 1.82) is 0 Å². The zero-order valence-corrected chi connectivity index (χ0v) is 16.4. The lowest BCUT2D eigenvalue weighted by Crippen LogP contribution is -2.37. The number of carbonyl (C=O) groups excluding carboxylic acids is 1. The summed E-state index contributed by atoms with van der Waals surface area (Å²) in [4.78, 5) is 12.4. The van der Waals surface area contributed by atoms with Gasteiger partial charge in [-0.3, -0.25) is 4.79 Å². The standard InChI is InChI=1S/C20H19FN2O5S/c1-27-17-8-6-16(7-9-17)22-20(24)14-23(13-18-3-2-12-28-18)29(25,26)19-10-4-15(21)5-11-19/h2-12H,13-14H2,1H3,(H,22,24).